The lowest BCUT2D eigenvalue weighted by Crippen LogP contribution is -2.51. The molecule has 1 amide bonds. The smallest absolute Gasteiger partial charge is 0.236 e. The van der Waals surface area contributed by atoms with E-state index in [1.807, 2.05) is 0 Å². The van der Waals surface area contributed by atoms with Crippen molar-refractivity contribution >= 4 is 5.91 Å². The van der Waals surface area contributed by atoms with Gasteiger partial charge in [0.1, 0.15) is 0 Å². The average Bonchev–Trinajstić information content (AvgIpc) is 2.98. The number of likely N-dealkylation sites (tertiary alicyclic amines) is 2. The second kappa shape index (κ2) is 7.25. The molecule has 2 aliphatic heterocycles. The van der Waals surface area contributed by atoms with E-state index in [1.54, 1.807) is 0 Å². The van der Waals surface area contributed by atoms with Crippen LogP contribution in [0.3, 0.4) is 0 Å². The molecule has 2 atom stereocenters. The van der Waals surface area contributed by atoms with E-state index in [9.17, 15) is 4.79 Å². The van der Waals surface area contributed by atoms with Crippen LogP contribution in [0, 0.1) is 0 Å². The van der Waals surface area contributed by atoms with E-state index >= 15 is 0 Å². The predicted molar refractivity (Wildman–Crippen MR) is 78.2 cm³/mol. The van der Waals surface area contributed by atoms with E-state index in [4.69, 9.17) is 0 Å². The molecule has 4 heteroatoms. The summed E-state index contributed by atoms with van der Waals surface area (Å²) < 4.78 is 0. The topological polar surface area (TPSA) is 35.6 Å². The molecule has 0 radical (unpaired) electrons. The van der Waals surface area contributed by atoms with E-state index in [0.29, 0.717) is 18.6 Å². The highest BCUT2D eigenvalue weighted by Crippen LogP contribution is 2.20. The Labute approximate surface area is 117 Å². The van der Waals surface area contributed by atoms with Crippen molar-refractivity contribution in [2.75, 3.05) is 32.7 Å². The Balaban J connectivity index is 1.77. The van der Waals surface area contributed by atoms with Crippen LogP contribution in [-0.4, -0.2) is 60.5 Å². The zero-order chi connectivity index (χ0) is 13.7. The predicted octanol–water partition coefficient (Wildman–Crippen LogP) is 1.46. The number of hydrogen-bond acceptors (Lipinski definition) is 3. The van der Waals surface area contributed by atoms with Crippen molar-refractivity contribution in [3.8, 4) is 0 Å². The molecule has 1 N–H and O–H groups in total. The van der Waals surface area contributed by atoms with Crippen molar-refractivity contribution in [3.63, 3.8) is 0 Å². The van der Waals surface area contributed by atoms with Crippen molar-refractivity contribution in [1.29, 1.82) is 0 Å². The molecule has 0 aromatic carbocycles. The molecular formula is C15H29N3O. The number of nitrogens with one attached hydrogen (secondary N) is 1. The van der Waals surface area contributed by atoms with Crippen LogP contribution in [0.2, 0.25) is 0 Å². The molecule has 19 heavy (non-hydrogen) atoms. The number of carbonyl (C=O) groups is 1. The number of rotatable bonds is 5. The van der Waals surface area contributed by atoms with Crippen LogP contribution in [0.4, 0.5) is 0 Å². The molecule has 2 rings (SSSR count). The number of piperidine rings is 1. The van der Waals surface area contributed by atoms with Gasteiger partial charge in [-0.25, -0.2) is 0 Å². The molecule has 2 aliphatic rings. The second-order valence-corrected chi connectivity index (χ2v) is 6.07. The summed E-state index contributed by atoms with van der Waals surface area (Å²) in [7, 11) is 0. The fourth-order valence-corrected chi connectivity index (χ4v) is 3.10. The molecule has 0 saturated carbocycles. The summed E-state index contributed by atoms with van der Waals surface area (Å²) in [5.74, 6) is 0.282. The van der Waals surface area contributed by atoms with Crippen LogP contribution in [0.15, 0.2) is 0 Å². The lowest BCUT2D eigenvalue weighted by Gasteiger charge is -2.37. The molecule has 0 aliphatic carbocycles. The summed E-state index contributed by atoms with van der Waals surface area (Å²) in [6.45, 7) is 9.15. The van der Waals surface area contributed by atoms with E-state index in [-0.39, 0.29) is 5.91 Å². The first-order chi connectivity index (χ1) is 9.20. The van der Waals surface area contributed by atoms with E-state index in [1.165, 1.54) is 32.4 Å². The summed E-state index contributed by atoms with van der Waals surface area (Å²) in [5.41, 5.74) is 0. The molecule has 2 fully saturated rings. The third-order valence-electron chi connectivity index (χ3n) is 4.62. The SMILES string of the molecule is CCC(C)NCC(=O)N1CCCC(N2CCCC2)C1. The molecule has 0 aromatic rings. The summed E-state index contributed by atoms with van der Waals surface area (Å²) in [6, 6.07) is 1.05. The third-order valence-corrected chi connectivity index (χ3v) is 4.62. The molecule has 0 spiro atoms. The van der Waals surface area contributed by atoms with E-state index in [0.717, 1.165) is 25.9 Å². The minimum Gasteiger partial charge on any atom is -0.340 e. The van der Waals surface area contributed by atoms with Gasteiger partial charge in [-0.05, 0) is 52.1 Å². The maximum Gasteiger partial charge on any atom is 0.236 e. The Morgan fingerprint density at radius 3 is 2.68 bits per heavy atom. The summed E-state index contributed by atoms with van der Waals surface area (Å²) in [4.78, 5) is 16.9. The van der Waals surface area contributed by atoms with Gasteiger partial charge < -0.3 is 10.2 Å². The van der Waals surface area contributed by atoms with E-state index in [2.05, 4.69) is 29.0 Å². The van der Waals surface area contributed by atoms with Crippen molar-refractivity contribution in [2.24, 2.45) is 0 Å². The molecule has 2 heterocycles. The number of amides is 1. The zero-order valence-electron chi connectivity index (χ0n) is 12.5. The fraction of sp³-hybridized carbons (Fsp3) is 0.933. The summed E-state index contributed by atoms with van der Waals surface area (Å²) in [5, 5.41) is 3.31. The van der Waals surface area contributed by atoms with Crippen LogP contribution in [-0.2, 0) is 4.79 Å². The van der Waals surface area contributed by atoms with Crippen molar-refractivity contribution in [1.82, 2.24) is 15.1 Å². The van der Waals surface area contributed by atoms with Crippen LogP contribution >= 0.6 is 0 Å². The van der Waals surface area contributed by atoms with Gasteiger partial charge in [0.25, 0.3) is 0 Å². The van der Waals surface area contributed by atoms with Crippen LogP contribution in [0.5, 0.6) is 0 Å². The molecule has 4 nitrogen and oxygen atoms in total. The minimum absolute atomic E-state index is 0.282. The Morgan fingerprint density at radius 1 is 1.26 bits per heavy atom. The maximum absolute atomic E-state index is 12.2. The molecule has 0 aromatic heterocycles. The fourth-order valence-electron chi connectivity index (χ4n) is 3.10. The van der Waals surface area contributed by atoms with Gasteiger partial charge in [-0.2, -0.15) is 0 Å². The Bertz CT molecular complexity index is 289. The van der Waals surface area contributed by atoms with Crippen LogP contribution in [0.1, 0.15) is 46.0 Å². The monoisotopic (exact) mass is 267 g/mol. The lowest BCUT2D eigenvalue weighted by atomic mass is 10.0. The Morgan fingerprint density at radius 2 is 2.00 bits per heavy atom. The molecule has 2 saturated heterocycles. The van der Waals surface area contributed by atoms with Gasteiger partial charge >= 0.3 is 0 Å². The van der Waals surface area contributed by atoms with E-state index < -0.39 is 0 Å². The zero-order valence-corrected chi connectivity index (χ0v) is 12.5. The van der Waals surface area contributed by atoms with Gasteiger partial charge in [0, 0.05) is 25.2 Å². The van der Waals surface area contributed by atoms with Gasteiger partial charge in [-0.3, -0.25) is 9.69 Å². The average molecular weight is 267 g/mol. The summed E-state index contributed by atoms with van der Waals surface area (Å²) >= 11 is 0. The number of carbonyl (C=O) groups excluding carboxylic acids is 1. The molecular weight excluding hydrogens is 238 g/mol. The normalized spacial score (nSPS) is 26.6. The van der Waals surface area contributed by atoms with Crippen LogP contribution in [0.25, 0.3) is 0 Å². The third kappa shape index (κ3) is 4.18. The first kappa shape index (κ1) is 14.8. The van der Waals surface area contributed by atoms with Crippen molar-refractivity contribution < 1.29 is 4.79 Å². The van der Waals surface area contributed by atoms with Gasteiger partial charge in [0.05, 0.1) is 6.54 Å². The standard InChI is InChI=1S/C15H29N3O/c1-3-13(2)16-11-15(19)18-10-6-7-14(12-18)17-8-4-5-9-17/h13-14,16H,3-12H2,1-2H3. The quantitative estimate of drug-likeness (QED) is 0.819. The highest BCUT2D eigenvalue weighted by Gasteiger charge is 2.28. The highest BCUT2D eigenvalue weighted by molar-refractivity contribution is 5.78. The highest BCUT2D eigenvalue weighted by atomic mass is 16.2. The van der Waals surface area contributed by atoms with Gasteiger partial charge in [-0.15, -0.1) is 0 Å². The van der Waals surface area contributed by atoms with Crippen molar-refractivity contribution in [3.05, 3.63) is 0 Å². The molecule has 2 unspecified atom stereocenters. The van der Waals surface area contributed by atoms with Gasteiger partial charge in [0.2, 0.25) is 5.91 Å². The van der Waals surface area contributed by atoms with Crippen LogP contribution < -0.4 is 5.32 Å². The van der Waals surface area contributed by atoms with Crippen molar-refractivity contribution in [2.45, 2.75) is 58.0 Å². The number of nitrogens with zero attached hydrogens (tertiary/aromatic N) is 2. The van der Waals surface area contributed by atoms with Gasteiger partial charge in [0.15, 0.2) is 0 Å². The maximum atomic E-state index is 12.2. The lowest BCUT2D eigenvalue weighted by molar-refractivity contribution is -0.132. The Kier molecular flexibility index (Phi) is 5.64. The second-order valence-electron chi connectivity index (χ2n) is 6.07. The molecule has 0 bridgehead atoms. The minimum atomic E-state index is 0.282. The Hall–Kier alpha value is -0.610. The first-order valence-corrected chi connectivity index (χ1v) is 7.96. The van der Waals surface area contributed by atoms with Gasteiger partial charge in [-0.1, -0.05) is 6.92 Å². The number of hydrogen-bond donors (Lipinski definition) is 1. The summed E-state index contributed by atoms with van der Waals surface area (Å²) in [6.07, 6.45) is 6.17. The largest absolute Gasteiger partial charge is 0.340 e. The first-order valence-electron chi connectivity index (χ1n) is 7.96. The molecule has 110 valence electrons.